The molecule has 0 bridgehead atoms. The van der Waals surface area contributed by atoms with Gasteiger partial charge in [-0.15, -0.1) is 11.3 Å². The van der Waals surface area contributed by atoms with E-state index < -0.39 is 10.8 Å². The Morgan fingerprint density at radius 2 is 0.593 bits per heavy atom. The highest BCUT2D eigenvalue weighted by Gasteiger charge is 2.54. The van der Waals surface area contributed by atoms with Crippen LogP contribution >= 0.6 is 11.3 Å². The van der Waals surface area contributed by atoms with Crippen LogP contribution in [0.4, 0.5) is 0 Å². The van der Waals surface area contributed by atoms with E-state index in [0.29, 0.717) is 11.1 Å². The summed E-state index contributed by atoms with van der Waals surface area (Å²) in [6.07, 6.45) is 0. The van der Waals surface area contributed by atoms with Gasteiger partial charge in [-0.3, -0.25) is 0 Å². The summed E-state index contributed by atoms with van der Waals surface area (Å²) in [6, 6.07) is 96.4. The van der Waals surface area contributed by atoms with Crippen molar-refractivity contribution < 1.29 is 19.1 Å². The number of rotatable bonds is 6. The lowest BCUT2D eigenvalue weighted by molar-refractivity contribution is 0.0592. The highest BCUT2D eigenvalue weighted by atomic mass is 32.1. The van der Waals surface area contributed by atoms with Crippen LogP contribution in [0.5, 0.6) is 0 Å². The molecular formula is C84H50N2O4S. The van der Waals surface area contributed by atoms with Crippen LogP contribution in [0, 0.1) is 0 Å². The number of carbonyl (C=O) groups is 2. The molecule has 0 saturated carbocycles. The van der Waals surface area contributed by atoms with Crippen LogP contribution in [0.3, 0.4) is 0 Å². The second-order valence-corrected chi connectivity index (χ2v) is 25.3. The van der Waals surface area contributed by atoms with E-state index >= 15 is 0 Å². The molecule has 0 radical (unpaired) electrons. The summed E-state index contributed by atoms with van der Waals surface area (Å²) in [5.74, 6) is -0.769. The van der Waals surface area contributed by atoms with Crippen molar-refractivity contribution in [2.75, 3.05) is 14.2 Å². The SMILES string of the molecule is COC(=O)c1ccc(-c2ccc3c(c2)c2cc(-c4ccc(C(=O)OC)cc4)ccc2c2nc4c(-c5cccc6c5-c5ccccc5C65c6ccccc6-c6ccccc65)sc(-c5cccc6c5-c5ccccc5C65c6ccccc6-c6ccccc65)c4nc32)cc1. The molecule has 15 aromatic rings. The zero-order valence-corrected chi connectivity index (χ0v) is 50.2. The van der Waals surface area contributed by atoms with Crippen LogP contribution in [0.25, 0.3) is 131 Å². The zero-order chi connectivity index (χ0) is 60.4. The molecule has 0 amide bonds. The van der Waals surface area contributed by atoms with E-state index in [2.05, 4.69) is 218 Å². The number of hydrogen-bond acceptors (Lipinski definition) is 7. The Bertz CT molecular complexity index is 5300. The summed E-state index contributed by atoms with van der Waals surface area (Å²) in [5.41, 5.74) is 29.4. The molecule has 13 aromatic carbocycles. The highest BCUT2D eigenvalue weighted by Crippen LogP contribution is 2.67. The van der Waals surface area contributed by atoms with E-state index in [9.17, 15) is 9.59 Å². The van der Waals surface area contributed by atoms with Gasteiger partial charge in [0.25, 0.3) is 0 Å². The van der Waals surface area contributed by atoms with Crippen molar-refractivity contribution in [1.29, 1.82) is 0 Å². The van der Waals surface area contributed by atoms with Crippen molar-refractivity contribution in [3.63, 3.8) is 0 Å². The number of fused-ring (bicyclic) bond motifs is 27. The van der Waals surface area contributed by atoms with Gasteiger partial charge in [-0.2, -0.15) is 0 Å². The summed E-state index contributed by atoms with van der Waals surface area (Å²) >= 11 is 1.80. The third kappa shape index (κ3) is 6.80. The quantitative estimate of drug-likeness (QED) is 0.122. The fraction of sp³-hybridized carbons (Fsp3) is 0.0476. The maximum atomic E-state index is 12.6. The predicted octanol–water partition coefficient (Wildman–Crippen LogP) is 20.1. The number of esters is 2. The Morgan fingerprint density at radius 3 is 0.945 bits per heavy atom. The fourth-order valence-electron chi connectivity index (χ4n) is 16.5. The molecule has 0 N–H and O–H groups in total. The van der Waals surface area contributed by atoms with Crippen molar-refractivity contribution in [2.24, 2.45) is 0 Å². The van der Waals surface area contributed by atoms with Crippen LogP contribution in [0.15, 0.2) is 267 Å². The molecule has 2 spiro atoms. The molecule has 0 unspecified atom stereocenters. The van der Waals surface area contributed by atoms with Gasteiger partial charge >= 0.3 is 11.9 Å². The molecule has 19 rings (SSSR count). The van der Waals surface area contributed by atoms with Gasteiger partial charge in [-0.25, -0.2) is 19.6 Å². The molecule has 91 heavy (non-hydrogen) atoms. The first-order valence-corrected chi connectivity index (χ1v) is 31.6. The van der Waals surface area contributed by atoms with Gasteiger partial charge in [0.1, 0.15) is 11.0 Å². The lowest BCUT2D eigenvalue weighted by atomic mass is 9.70. The number of benzene rings is 13. The molecule has 6 nitrogen and oxygen atoms in total. The number of nitrogens with zero attached hydrogens (tertiary/aromatic N) is 2. The van der Waals surface area contributed by atoms with Crippen molar-refractivity contribution >= 4 is 66.9 Å². The third-order valence-electron chi connectivity index (χ3n) is 20.2. The lowest BCUT2D eigenvalue weighted by Crippen LogP contribution is -2.25. The molecular weight excluding hydrogens is 1130 g/mol. The van der Waals surface area contributed by atoms with Gasteiger partial charge in [0.15, 0.2) is 0 Å². The Labute approximate surface area is 528 Å². The minimum absolute atomic E-state index is 0.385. The molecule has 2 heterocycles. The van der Waals surface area contributed by atoms with E-state index in [4.69, 9.17) is 19.4 Å². The van der Waals surface area contributed by atoms with Gasteiger partial charge in [0.05, 0.1) is 57.0 Å². The monoisotopic (exact) mass is 1180 g/mol. The van der Waals surface area contributed by atoms with Crippen LogP contribution in [-0.4, -0.2) is 36.1 Å². The molecule has 4 aliphatic rings. The van der Waals surface area contributed by atoms with E-state index in [0.717, 1.165) is 86.7 Å². The maximum absolute atomic E-state index is 12.6. The first kappa shape index (κ1) is 51.6. The topological polar surface area (TPSA) is 78.4 Å². The van der Waals surface area contributed by atoms with Crippen LogP contribution in [0.2, 0.25) is 0 Å². The first-order valence-electron chi connectivity index (χ1n) is 30.8. The molecule has 4 aliphatic carbocycles. The average molecular weight is 1180 g/mol. The predicted molar refractivity (Wildman–Crippen MR) is 367 cm³/mol. The van der Waals surface area contributed by atoms with E-state index in [1.54, 1.807) is 11.3 Å². The lowest BCUT2D eigenvalue weighted by Gasteiger charge is -2.30. The highest BCUT2D eigenvalue weighted by molar-refractivity contribution is 7.21. The van der Waals surface area contributed by atoms with Gasteiger partial charge in [-0.05, 0) is 158 Å². The summed E-state index contributed by atoms with van der Waals surface area (Å²) < 4.78 is 10.2. The van der Waals surface area contributed by atoms with Crippen LogP contribution in [-0.2, 0) is 20.3 Å². The maximum Gasteiger partial charge on any atom is 0.337 e. The van der Waals surface area contributed by atoms with Crippen molar-refractivity contribution in [3.8, 4) is 87.6 Å². The summed E-state index contributed by atoms with van der Waals surface area (Å²) in [7, 11) is 2.80. The van der Waals surface area contributed by atoms with Crippen LogP contribution < -0.4 is 0 Å². The normalized spacial score (nSPS) is 13.6. The van der Waals surface area contributed by atoms with E-state index in [1.807, 2.05) is 48.5 Å². The van der Waals surface area contributed by atoms with Crippen molar-refractivity contribution in [2.45, 2.75) is 10.8 Å². The van der Waals surface area contributed by atoms with E-state index in [-0.39, 0.29) is 11.9 Å². The minimum atomic E-state index is -0.551. The number of ether oxygens (including phenoxy) is 2. The molecule has 426 valence electrons. The molecule has 0 atom stereocenters. The summed E-state index contributed by atoms with van der Waals surface area (Å²) in [6.45, 7) is 0. The van der Waals surface area contributed by atoms with Crippen molar-refractivity contribution in [1.82, 2.24) is 9.97 Å². The Balaban J connectivity index is 0.925. The van der Waals surface area contributed by atoms with Gasteiger partial charge < -0.3 is 9.47 Å². The number of thiophene rings is 1. The number of hydrogen-bond donors (Lipinski definition) is 0. The number of carbonyl (C=O) groups excluding carboxylic acids is 2. The Morgan fingerprint density at radius 1 is 0.297 bits per heavy atom. The van der Waals surface area contributed by atoms with Gasteiger partial charge in [0.2, 0.25) is 0 Å². The zero-order valence-electron chi connectivity index (χ0n) is 49.3. The standard InChI is InChI=1S/C84H50N2O4S/c1-89-81(87)49-37-33-47(34-38-49)51-41-43-57-63(45-51)64-46-52(48-35-39-50(40-36-48)82(88)90-2)42-44-58(64)76-75(57)85-77-78(86-76)80(62-24-16-32-72-74(62)60-22-8-14-30-70(60)84(72)67-27-11-5-19-55(67)56-20-6-12-28-68(56)84)91-79(77)61-23-15-31-71-73(61)59-21-7-13-29-69(59)83(71)65-25-9-3-17-53(65)54-18-4-10-26-66(54)83/h3-46H,1-2H3. The minimum Gasteiger partial charge on any atom is -0.465 e. The molecule has 0 fully saturated rings. The first-order chi connectivity index (χ1) is 44.9. The summed E-state index contributed by atoms with van der Waals surface area (Å²) in [4.78, 5) is 39.6. The number of methoxy groups -OCH3 is 2. The Kier molecular flexibility index (Phi) is 10.8. The van der Waals surface area contributed by atoms with Crippen LogP contribution in [0.1, 0.15) is 65.2 Å². The average Bonchev–Trinajstić information content (AvgIpc) is 1.52. The molecule has 0 aliphatic heterocycles. The third-order valence-corrected chi connectivity index (χ3v) is 21.4. The second kappa shape index (κ2) is 19.1. The Hall–Kier alpha value is -11.4. The van der Waals surface area contributed by atoms with Gasteiger partial charge in [-0.1, -0.05) is 231 Å². The number of aromatic nitrogens is 2. The second-order valence-electron chi connectivity index (χ2n) is 24.3. The largest absolute Gasteiger partial charge is 0.465 e. The smallest absolute Gasteiger partial charge is 0.337 e. The van der Waals surface area contributed by atoms with Crippen molar-refractivity contribution in [3.05, 3.63) is 323 Å². The fourth-order valence-corrected chi connectivity index (χ4v) is 17.7. The summed E-state index contributed by atoms with van der Waals surface area (Å²) in [5, 5.41) is 3.93. The van der Waals surface area contributed by atoms with E-state index in [1.165, 1.54) is 103 Å². The molecule has 7 heteroatoms. The molecule has 0 saturated heterocycles. The van der Waals surface area contributed by atoms with Gasteiger partial charge in [0, 0.05) is 21.9 Å². The molecule has 2 aromatic heterocycles.